The zero-order valence-electron chi connectivity index (χ0n) is 14.2. The van der Waals surface area contributed by atoms with Crippen LogP contribution in [0.2, 0.25) is 0 Å². The molecule has 0 amide bonds. The molecule has 1 aliphatic heterocycles. The number of fused-ring (bicyclic) bond motifs is 1. The fraction of sp³-hybridized carbons (Fsp3) is 0.176. The predicted octanol–water partition coefficient (Wildman–Crippen LogP) is 3.78. The van der Waals surface area contributed by atoms with Gasteiger partial charge in [0.2, 0.25) is 11.0 Å². The van der Waals surface area contributed by atoms with Gasteiger partial charge in [0.1, 0.15) is 12.4 Å². The fourth-order valence-corrected chi connectivity index (χ4v) is 3.89. The molecule has 4 rings (SSSR count). The van der Waals surface area contributed by atoms with Crippen LogP contribution in [0.15, 0.2) is 55.9 Å². The number of thiazole rings is 1. The van der Waals surface area contributed by atoms with Gasteiger partial charge in [0.15, 0.2) is 5.16 Å². The third-order valence-corrected chi connectivity index (χ3v) is 5.37. The van der Waals surface area contributed by atoms with Crippen molar-refractivity contribution in [2.24, 2.45) is 10.2 Å². The highest BCUT2D eigenvalue weighted by Gasteiger charge is 2.22. The van der Waals surface area contributed by atoms with Crippen LogP contribution in [0.25, 0.3) is 0 Å². The van der Waals surface area contributed by atoms with Crippen LogP contribution in [0, 0.1) is 6.92 Å². The average molecular weight is 398 g/mol. The van der Waals surface area contributed by atoms with Crippen LogP contribution in [0.5, 0.6) is 0 Å². The number of benzene rings is 1. The third kappa shape index (κ3) is 3.96. The fourth-order valence-electron chi connectivity index (χ4n) is 2.43. The molecule has 8 nitrogen and oxygen atoms in total. The molecule has 0 bridgehead atoms. The van der Waals surface area contributed by atoms with Gasteiger partial charge in [-0.05, 0) is 19.1 Å². The Labute approximate surface area is 162 Å². The van der Waals surface area contributed by atoms with Gasteiger partial charge in [-0.25, -0.2) is 9.55 Å². The molecule has 0 atom stereocenters. The van der Waals surface area contributed by atoms with E-state index >= 15 is 0 Å². The Morgan fingerprint density at radius 3 is 2.85 bits per heavy atom. The van der Waals surface area contributed by atoms with Crippen LogP contribution >= 0.6 is 23.1 Å². The number of aromatic nitrogens is 3. The van der Waals surface area contributed by atoms with Gasteiger partial charge in [-0.1, -0.05) is 40.8 Å². The summed E-state index contributed by atoms with van der Waals surface area (Å²) in [7, 11) is 0. The van der Waals surface area contributed by atoms with Crippen molar-refractivity contribution in [2.45, 2.75) is 18.6 Å². The number of hydrogen-bond donors (Lipinski definition) is 1. The first-order valence-electron chi connectivity index (χ1n) is 8.04. The molecule has 0 fully saturated rings. The number of nitrogens with zero attached hydrogens (tertiary/aromatic N) is 5. The maximum atomic E-state index is 12.0. The SMILES string of the molecule is Cc1ccc(Nc2csc(N=NCc3cc(=O)n4c(n3)SCC4=O)n2)cc1. The summed E-state index contributed by atoms with van der Waals surface area (Å²) in [5.41, 5.74) is 2.24. The smallest absolute Gasteiger partial charge is 0.261 e. The summed E-state index contributed by atoms with van der Waals surface area (Å²) < 4.78 is 1.09. The number of nitrogens with one attached hydrogen (secondary N) is 1. The standard InChI is InChI=1S/C17H14N6O2S2/c1-10-2-4-11(5-3-10)19-13-8-26-16(21-13)22-18-7-12-6-14(24)23-15(25)9-27-17(23)20-12/h2-6,8,19H,7,9H2,1H3. The van der Waals surface area contributed by atoms with Crippen molar-refractivity contribution in [1.29, 1.82) is 0 Å². The molecular formula is C17H14N6O2S2. The van der Waals surface area contributed by atoms with Crippen LogP contribution in [-0.4, -0.2) is 26.2 Å². The van der Waals surface area contributed by atoms with Crippen LogP contribution in [0.3, 0.4) is 0 Å². The Morgan fingerprint density at radius 2 is 2.04 bits per heavy atom. The second-order valence-corrected chi connectivity index (χ2v) is 7.57. The predicted molar refractivity (Wildman–Crippen MR) is 105 cm³/mol. The van der Waals surface area contributed by atoms with E-state index in [-0.39, 0.29) is 23.8 Å². The summed E-state index contributed by atoms with van der Waals surface area (Å²) >= 11 is 2.61. The Hall–Kier alpha value is -2.85. The van der Waals surface area contributed by atoms with Crippen molar-refractivity contribution >= 4 is 45.6 Å². The number of azo groups is 1. The molecule has 0 radical (unpaired) electrons. The van der Waals surface area contributed by atoms with E-state index < -0.39 is 0 Å². The summed E-state index contributed by atoms with van der Waals surface area (Å²) in [5.74, 6) is 0.696. The van der Waals surface area contributed by atoms with Gasteiger partial charge in [0.25, 0.3) is 5.56 Å². The zero-order chi connectivity index (χ0) is 18.8. The monoisotopic (exact) mass is 398 g/mol. The molecule has 136 valence electrons. The molecule has 0 saturated heterocycles. The molecule has 1 N–H and O–H groups in total. The first-order chi connectivity index (χ1) is 13.1. The maximum absolute atomic E-state index is 12.0. The number of hydrogen-bond acceptors (Lipinski definition) is 9. The van der Waals surface area contributed by atoms with Crippen molar-refractivity contribution in [2.75, 3.05) is 11.1 Å². The highest BCUT2D eigenvalue weighted by Crippen LogP contribution is 2.25. The normalized spacial score (nSPS) is 13.3. The number of thioether (sulfide) groups is 1. The van der Waals surface area contributed by atoms with Gasteiger partial charge < -0.3 is 5.32 Å². The highest BCUT2D eigenvalue weighted by atomic mass is 32.2. The van der Waals surface area contributed by atoms with Crippen molar-refractivity contribution in [3.63, 3.8) is 0 Å². The van der Waals surface area contributed by atoms with E-state index in [1.54, 1.807) is 0 Å². The minimum Gasteiger partial charge on any atom is -0.339 e. The van der Waals surface area contributed by atoms with Gasteiger partial charge in [0, 0.05) is 17.1 Å². The zero-order valence-corrected chi connectivity index (χ0v) is 15.9. The summed E-state index contributed by atoms with van der Waals surface area (Å²) in [5, 5.41) is 14.1. The van der Waals surface area contributed by atoms with Crippen LogP contribution < -0.4 is 10.9 Å². The van der Waals surface area contributed by atoms with E-state index in [0.717, 1.165) is 10.3 Å². The molecule has 2 aromatic heterocycles. The van der Waals surface area contributed by atoms with Crippen LogP contribution in [-0.2, 0) is 6.54 Å². The summed E-state index contributed by atoms with van der Waals surface area (Å²) in [4.78, 5) is 32.2. The van der Waals surface area contributed by atoms with Gasteiger partial charge in [-0.2, -0.15) is 10.1 Å². The lowest BCUT2D eigenvalue weighted by Crippen LogP contribution is -2.25. The van der Waals surface area contributed by atoms with E-state index in [0.29, 0.717) is 21.8 Å². The minimum absolute atomic E-state index is 0.151. The first-order valence-corrected chi connectivity index (χ1v) is 9.91. The molecule has 0 saturated carbocycles. The molecule has 3 aromatic rings. The second-order valence-electron chi connectivity index (χ2n) is 5.79. The number of rotatable bonds is 5. The molecule has 1 aromatic carbocycles. The van der Waals surface area contributed by atoms with Crippen LogP contribution in [0.1, 0.15) is 16.1 Å². The molecule has 27 heavy (non-hydrogen) atoms. The first kappa shape index (κ1) is 17.6. The summed E-state index contributed by atoms with van der Waals surface area (Å²) in [6, 6.07) is 9.33. The Balaban J connectivity index is 1.41. The van der Waals surface area contributed by atoms with E-state index in [1.165, 1.54) is 34.7 Å². The third-order valence-electron chi connectivity index (χ3n) is 3.72. The molecule has 0 spiro atoms. The van der Waals surface area contributed by atoms with Crippen LogP contribution in [0.4, 0.5) is 16.6 Å². The number of anilines is 2. The van der Waals surface area contributed by atoms with Crippen molar-refractivity contribution in [1.82, 2.24) is 14.5 Å². The van der Waals surface area contributed by atoms with E-state index in [4.69, 9.17) is 0 Å². The summed E-state index contributed by atoms with van der Waals surface area (Å²) in [6.45, 7) is 2.18. The lowest BCUT2D eigenvalue weighted by Gasteiger charge is -2.02. The Kier molecular flexibility index (Phi) is 4.82. The molecule has 1 aliphatic rings. The number of carbonyl (C=O) groups is 1. The number of aryl methyl sites for hydroxylation is 1. The summed E-state index contributed by atoms with van der Waals surface area (Å²) in [6.07, 6.45) is 0. The average Bonchev–Trinajstić information content (AvgIpc) is 3.24. The van der Waals surface area contributed by atoms with E-state index in [9.17, 15) is 9.59 Å². The van der Waals surface area contributed by atoms with Gasteiger partial charge in [-0.3, -0.25) is 9.59 Å². The number of carbonyl (C=O) groups excluding carboxylic acids is 1. The maximum Gasteiger partial charge on any atom is 0.261 e. The highest BCUT2D eigenvalue weighted by molar-refractivity contribution is 8.00. The minimum atomic E-state index is -0.376. The van der Waals surface area contributed by atoms with Crippen molar-refractivity contribution < 1.29 is 4.79 Å². The Bertz CT molecular complexity index is 1090. The molecule has 3 heterocycles. The van der Waals surface area contributed by atoms with Gasteiger partial charge in [0.05, 0.1) is 11.4 Å². The largest absolute Gasteiger partial charge is 0.339 e. The molecule has 0 unspecified atom stereocenters. The molecule has 10 heteroatoms. The van der Waals surface area contributed by atoms with Gasteiger partial charge in [-0.15, -0.1) is 5.11 Å². The lowest BCUT2D eigenvalue weighted by molar-refractivity contribution is 0.0933. The quantitative estimate of drug-likeness (QED) is 0.518. The van der Waals surface area contributed by atoms with Crippen molar-refractivity contribution in [3.8, 4) is 0 Å². The Morgan fingerprint density at radius 1 is 1.22 bits per heavy atom. The molecular weight excluding hydrogens is 384 g/mol. The topological polar surface area (TPSA) is 102 Å². The van der Waals surface area contributed by atoms with Crippen molar-refractivity contribution in [3.05, 3.63) is 57.3 Å². The lowest BCUT2D eigenvalue weighted by atomic mass is 10.2. The van der Waals surface area contributed by atoms with E-state index in [2.05, 4.69) is 25.5 Å². The second kappa shape index (κ2) is 7.41. The molecule has 0 aliphatic carbocycles. The van der Waals surface area contributed by atoms with Gasteiger partial charge >= 0.3 is 0 Å². The van der Waals surface area contributed by atoms with E-state index in [1.807, 2.05) is 36.6 Å².